The fourth-order valence-electron chi connectivity index (χ4n) is 3.18. The van der Waals surface area contributed by atoms with Gasteiger partial charge in [-0.3, -0.25) is 19.0 Å². The van der Waals surface area contributed by atoms with Crippen LogP contribution >= 0.6 is 11.3 Å². The molecule has 3 rings (SSSR count). The lowest BCUT2D eigenvalue weighted by Crippen LogP contribution is -2.36. The van der Waals surface area contributed by atoms with Gasteiger partial charge in [0.25, 0.3) is 11.5 Å². The summed E-state index contributed by atoms with van der Waals surface area (Å²) in [7, 11) is 0. The highest BCUT2D eigenvalue weighted by Gasteiger charge is 2.20. The number of carbonyl (C=O) groups excluding carboxylic acids is 2. The van der Waals surface area contributed by atoms with Gasteiger partial charge in [-0.05, 0) is 44.0 Å². The van der Waals surface area contributed by atoms with Gasteiger partial charge in [0.05, 0.1) is 16.6 Å². The maximum Gasteiger partial charge on any atom is 0.262 e. The zero-order valence-electron chi connectivity index (χ0n) is 17.1. The fourth-order valence-corrected chi connectivity index (χ4v) is 4.23. The van der Waals surface area contributed by atoms with E-state index in [1.165, 1.54) is 23.0 Å². The Balaban J connectivity index is 1.83. The van der Waals surface area contributed by atoms with Crippen LogP contribution in [-0.4, -0.2) is 39.4 Å². The van der Waals surface area contributed by atoms with Crippen LogP contribution in [0.3, 0.4) is 0 Å². The number of fused-ring (bicyclic) bond motifs is 1. The number of amides is 2. The van der Waals surface area contributed by atoms with Crippen molar-refractivity contribution in [2.45, 2.75) is 33.9 Å². The molecule has 0 bridgehead atoms. The molecule has 2 heterocycles. The van der Waals surface area contributed by atoms with Crippen LogP contribution in [0.25, 0.3) is 10.2 Å². The van der Waals surface area contributed by atoms with Crippen LogP contribution in [0.15, 0.2) is 35.4 Å². The minimum Gasteiger partial charge on any atom is -0.347 e. The number of carbonyl (C=O) groups is 2. The summed E-state index contributed by atoms with van der Waals surface area (Å²) in [6.07, 6.45) is 1.35. The van der Waals surface area contributed by atoms with Crippen molar-refractivity contribution in [3.63, 3.8) is 0 Å². The Bertz CT molecular complexity index is 1130. The zero-order chi connectivity index (χ0) is 21.8. The van der Waals surface area contributed by atoms with Crippen LogP contribution in [0.1, 0.15) is 34.6 Å². The maximum absolute atomic E-state index is 13.0. The summed E-state index contributed by atoms with van der Waals surface area (Å²) in [5.74, 6) is -0.828. The van der Waals surface area contributed by atoms with Crippen LogP contribution in [0, 0.1) is 12.7 Å². The Labute approximate surface area is 177 Å². The second kappa shape index (κ2) is 9.17. The molecule has 0 aliphatic rings. The number of hydrogen-bond donors (Lipinski definition) is 1. The molecule has 9 heteroatoms. The number of rotatable bonds is 7. The van der Waals surface area contributed by atoms with Crippen LogP contribution < -0.4 is 10.9 Å². The Kier molecular flexibility index (Phi) is 6.61. The first-order chi connectivity index (χ1) is 14.3. The van der Waals surface area contributed by atoms with Crippen molar-refractivity contribution in [2.75, 3.05) is 13.1 Å². The van der Waals surface area contributed by atoms with E-state index < -0.39 is 0 Å². The highest BCUT2D eigenvalue weighted by molar-refractivity contribution is 7.20. The average molecular weight is 431 g/mol. The summed E-state index contributed by atoms with van der Waals surface area (Å²) >= 11 is 1.13. The first-order valence-corrected chi connectivity index (χ1v) is 10.5. The Morgan fingerprint density at radius 1 is 1.20 bits per heavy atom. The highest BCUT2D eigenvalue weighted by atomic mass is 32.1. The third-order valence-corrected chi connectivity index (χ3v) is 6.11. The van der Waals surface area contributed by atoms with Crippen molar-refractivity contribution in [2.24, 2.45) is 0 Å². The van der Waals surface area contributed by atoms with Gasteiger partial charge in [-0.25, -0.2) is 9.37 Å². The normalized spacial score (nSPS) is 10.9. The lowest BCUT2D eigenvalue weighted by molar-refractivity contribution is -0.131. The molecule has 1 N–H and O–H groups in total. The summed E-state index contributed by atoms with van der Waals surface area (Å²) in [6.45, 7) is 6.74. The summed E-state index contributed by atoms with van der Waals surface area (Å²) in [4.78, 5) is 44.7. The van der Waals surface area contributed by atoms with Gasteiger partial charge in [0, 0.05) is 19.6 Å². The molecule has 0 saturated carbocycles. The smallest absolute Gasteiger partial charge is 0.262 e. The van der Waals surface area contributed by atoms with Crippen molar-refractivity contribution in [3.8, 4) is 0 Å². The molecule has 2 amide bonds. The number of nitrogens with zero attached hydrogens (tertiary/aromatic N) is 3. The van der Waals surface area contributed by atoms with Crippen molar-refractivity contribution in [3.05, 3.63) is 62.8 Å². The molecular weight excluding hydrogens is 407 g/mol. The van der Waals surface area contributed by atoms with E-state index in [-0.39, 0.29) is 36.3 Å². The highest BCUT2D eigenvalue weighted by Crippen LogP contribution is 2.26. The van der Waals surface area contributed by atoms with E-state index >= 15 is 0 Å². The van der Waals surface area contributed by atoms with Gasteiger partial charge >= 0.3 is 0 Å². The molecule has 0 radical (unpaired) electrons. The van der Waals surface area contributed by atoms with Gasteiger partial charge < -0.3 is 10.2 Å². The van der Waals surface area contributed by atoms with Gasteiger partial charge in [-0.2, -0.15) is 0 Å². The fraction of sp³-hybridized carbons (Fsp3) is 0.333. The van der Waals surface area contributed by atoms with Crippen LogP contribution in [0.2, 0.25) is 0 Å². The first kappa shape index (κ1) is 21.6. The third-order valence-electron chi connectivity index (χ3n) is 4.91. The molecule has 0 unspecified atom stereocenters. The molecule has 30 heavy (non-hydrogen) atoms. The van der Waals surface area contributed by atoms with E-state index in [0.717, 1.165) is 16.9 Å². The van der Waals surface area contributed by atoms with Crippen molar-refractivity contribution in [1.29, 1.82) is 0 Å². The number of hydrogen-bond acceptors (Lipinski definition) is 5. The van der Waals surface area contributed by atoms with Gasteiger partial charge in [-0.1, -0.05) is 12.1 Å². The van der Waals surface area contributed by atoms with Crippen LogP contribution in [0.5, 0.6) is 0 Å². The van der Waals surface area contributed by atoms with Crippen molar-refractivity contribution >= 4 is 33.4 Å². The Morgan fingerprint density at radius 3 is 2.50 bits per heavy atom. The first-order valence-electron chi connectivity index (χ1n) is 9.64. The summed E-state index contributed by atoms with van der Waals surface area (Å²) in [6, 6.07) is 5.86. The molecule has 2 aromatic heterocycles. The third kappa shape index (κ3) is 4.40. The summed E-state index contributed by atoms with van der Waals surface area (Å²) in [5.41, 5.74) is 0.958. The number of aromatic nitrogens is 2. The molecule has 0 aliphatic carbocycles. The zero-order valence-corrected chi connectivity index (χ0v) is 17.9. The molecule has 3 aromatic rings. The predicted molar refractivity (Wildman–Crippen MR) is 114 cm³/mol. The molecule has 7 nitrogen and oxygen atoms in total. The summed E-state index contributed by atoms with van der Waals surface area (Å²) in [5, 5.41) is 3.13. The van der Waals surface area contributed by atoms with E-state index in [0.29, 0.717) is 33.7 Å². The molecule has 1 aromatic carbocycles. The number of likely N-dealkylation sites (N-methyl/N-ethyl adjacent to an activating group) is 1. The maximum atomic E-state index is 13.0. The van der Waals surface area contributed by atoms with E-state index in [4.69, 9.17) is 0 Å². The molecule has 0 aliphatic heterocycles. The summed E-state index contributed by atoms with van der Waals surface area (Å²) < 4.78 is 14.3. The largest absolute Gasteiger partial charge is 0.347 e. The number of halogens is 1. The molecule has 0 saturated heterocycles. The SMILES string of the molecule is CCN(CC)C(=O)Cn1cnc2sc(C(=O)NCc3ccc(F)cc3)c(C)c2c1=O. The lowest BCUT2D eigenvalue weighted by atomic mass is 10.2. The number of benzene rings is 1. The van der Waals surface area contributed by atoms with E-state index in [2.05, 4.69) is 10.3 Å². The standard InChI is InChI=1S/C21H23FN4O3S/c1-4-25(5-2)16(27)11-26-12-24-20-17(21(26)29)13(3)18(30-20)19(28)23-10-14-6-8-15(22)9-7-14/h6-9,12H,4-5,10-11H2,1-3H3,(H,23,28). The number of aryl methyl sites for hydroxylation is 1. The Morgan fingerprint density at radius 2 is 1.87 bits per heavy atom. The van der Waals surface area contributed by atoms with E-state index in [9.17, 15) is 18.8 Å². The number of thiophene rings is 1. The lowest BCUT2D eigenvalue weighted by Gasteiger charge is -2.18. The van der Waals surface area contributed by atoms with Gasteiger partial charge in [0.15, 0.2) is 0 Å². The minimum absolute atomic E-state index is 0.0924. The van der Waals surface area contributed by atoms with Crippen LogP contribution in [-0.2, 0) is 17.9 Å². The minimum atomic E-state index is -0.341. The quantitative estimate of drug-likeness (QED) is 0.625. The topological polar surface area (TPSA) is 84.3 Å². The average Bonchev–Trinajstić information content (AvgIpc) is 3.07. The molecule has 0 fully saturated rings. The molecule has 0 atom stereocenters. The van der Waals surface area contributed by atoms with Gasteiger partial charge in [0.1, 0.15) is 17.2 Å². The van der Waals surface area contributed by atoms with Gasteiger partial charge in [0.2, 0.25) is 5.91 Å². The monoisotopic (exact) mass is 430 g/mol. The second-order valence-electron chi connectivity index (χ2n) is 6.79. The van der Waals surface area contributed by atoms with E-state index in [1.807, 2.05) is 13.8 Å². The van der Waals surface area contributed by atoms with Crippen molar-refractivity contribution in [1.82, 2.24) is 19.8 Å². The molecule has 0 spiro atoms. The van der Waals surface area contributed by atoms with Crippen molar-refractivity contribution < 1.29 is 14.0 Å². The van der Waals surface area contributed by atoms with Crippen LogP contribution in [0.4, 0.5) is 4.39 Å². The molecular formula is C21H23FN4O3S. The second-order valence-corrected chi connectivity index (χ2v) is 7.79. The molecule has 158 valence electrons. The van der Waals surface area contributed by atoms with E-state index in [1.54, 1.807) is 24.0 Å². The number of nitrogens with one attached hydrogen (secondary N) is 1. The Hall–Kier alpha value is -3.07. The van der Waals surface area contributed by atoms with Gasteiger partial charge in [-0.15, -0.1) is 11.3 Å². The predicted octanol–water partition coefficient (Wildman–Crippen LogP) is 2.70.